The summed E-state index contributed by atoms with van der Waals surface area (Å²) in [4.78, 5) is 0. The summed E-state index contributed by atoms with van der Waals surface area (Å²) >= 11 is 0. The van der Waals surface area contributed by atoms with Gasteiger partial charge in [-0.3, -0.25) is 0 Å². The molecule has 0 saturated heterocycles. The van der Waals surface area contributed by atoms with E-state index >= 15 is 0 Å². The maximum absolute atomic E-state index is 10.7. The lowest BCUT2D eigenvalue weighted by atomic mass is 9.60. The molecule has 0 spiro atoms. The summed E-state index contributed by atoms with van der Waals surface area (Å²) in [6.07, 6.45) is 19.5. The summed E-state index contributed by atoms with van der Waals surface area (Å²) in [5.74, 6) is 1.74. The lowest BCUT2D eigenvalue weighted by molar-refractivity contribution is 0.0218. The average molecular weight is 393 g/mol. The molecule has 4 N–H and O–H groups in total. The van der Waals surface area contributed by atoms with Crippen LogP contribution in [0.2, 0.25) is 0 Å². The zero-order chi connectivity index (χ0) is 20.4. The highest BCUT2D eigenvalue weighted by Gasteiger charge is 2.43. The van der Waals surface area contributed by atoms with Gasteiger partial charge in [-0.05, 0) is 49.9 Å². The minimum Gasteiger partial charge on any atom is -0.400 e. The lowest BCUT2D eigenvalue weighted by Gasteiger charge is -2.47. The highest BCUT2D eigenvalue weighted by atomic mass is 16.3. The van der Waals surface area contributed by atoms with Crippen LogP contribution in [-0.4, -0.2) is 17.8 Å². The molecule has 5 atom stereocenters. The summed E-state index contributed by atoms with van der Waals surface area (Å²) in [6.45, 7) is 7.94. The van der Waals surface area contributed by atoms with Crippen LogP contribution in [0.1, 0.15) is 111 Å². The van der Waals surface area contributed by atoms with Gasteiger partial charge in [0, 0.05) is 23.9 Å². The maximum atomic E-state index is 10.7. The van der Waals surface area contributed by atoms with E-state index in [0.29, 0.717) is 17.8 Å². The van der Waals surface area contributed by atoms with Gasteiger partial charge in [0.1, 0.15) is 0 Å². The molecule has 2 rings (SSSR count). The number of aliphatic hydroxyl groups excluding tert-OH is 1. The Morgan fingerprint density at radius 3 is 2.57 bits per heavy atom. The van der Waals surface area contributed by atoms with Crippen molar-refractivity contribution in [1.82, 2.24) is 5.32 Å². The molecule has 3 nitrogen and oxygen atoms in total. The Bertz CT molecular complexity index is 463. The predicted molar refractivity (Wildman–Crippen MR) is 121 cm³/mol. The normalized spacial score (nSPS) is 34.2. The standard InChI is InChI=1S/C25H48N2O/c1-4-6-8-9-12-21-18-22(13-11-14-23(28)20(21)3)25(15-10-7-5-2)16-17-27-19-24(25)26/h19-23,27-28H,4-18,26H2,1-3H3. The molecule has 0 aromatic heterocycles. The molecular weight excluding hydrogens is 344 g/mol. The van der Waals surface area contributed by atoms with E-state index < -0.39 is 0 Å². The third kappa shape index (κ3) is 6.15. The van der Waals surface area contributed by atoms with Crippen molar-refractivity contribution < 1.29 is 5.11 Å². The average Bonchev–Trinajstić information content (AvgIpc) is 2.69. The van der Waals surface area contributed by atoms with Crippen LogP contribution in [0.3, 0.4) is 0 Å². The number of aliphatic hydroxyl groups is 1. The van der Waals surface area contributed by atoms with Crippen LogP contribution in [-0.2, 0) is 0 Å². The third-order valence-electron chi connectivity index (χ3n) is 7.97. The number of nitrogens with two attached hydrogens (primary N) is 1. The number of hydrogen-bond acceptors (Lipinski definition) is 3. The van der Waals surface area contributed by atoms with E-state index in [2.05, 4.69) is 32.3 Å². The maximum Gasteiger partial charge on any atom is 0.0568 e. The minimum absolute atomic E-state index is 0.117. The fourth-order valence-electron chi connectivity index (χ4n) is 5.93. The summed E-state index contributed by atoms with van der Waals surface area (Å²) in [6, 6.07) is 0. The Labute approximate surface area is 174 Å². The monoisotopic (exact) mass is 392 g/mol. The first-order chi connectivity index (χ1) is 13.5. The van der Waals surface area contributed by atoms with Crippen molar-refractivity contribution in [2.24, 2.45) is 28.9 Å². The second-order valence-corrected chi connectivity index (χ2v) is 9.82. The van der Waals surface area contributed by atoms with Crippen LogP contribution < -0.4 is 11.1 Å². The molecule has 0 bridgehead atoms. The van der Waals surface area contributed by atoms with Crippen molar-refractivity contribution in [3.8, 4) is 0 Å². The molecule has 0 aromatic carbocycles. The fourth-order valence-corrected chi connectivity index (χ4v) is 5.93. The summed E-state index contributed by atoms with van der Waals surface area (Å²) in [5.41, 5.74) is 8.01. The van der Waals surface area contributed by atoms with Gasteiger partial charge in [-0.25, -0.2) is 0 Å². The van der Waals surface area contributed by atoms with E-state index in [1.807, 2.05) is 0 Å². The van der Waals surface area contributed by atoms with Gasteiger partial charge in [-0.15, -0.1) is 0 Å². The molecule has 164 valence electrons. The SMILES string of the molecule is CCCCCCC1CC(C2(CCCCC)CCNC=C2N)CCCC(O)C1C. The second kappa shape index (κ2) is 12.1. The predicted octanol–water partition coefficient (Wildman–Crippen LogP) is 6.12. The van der Waals surface area contributed by atoms with Gasteiger partial charge in [0.05, 0.1) is 6.10 Å². The van der Waals surface area contributed by atoms with E-state index in [-0.39, 0.29) is 11.5 Å². The van der Waals surface area contributed by atoms with E-state index in [0.717, 1.165) is 25.1 Å². The zero-order valence-electron chi connectivity index (χ0n) is 19.0. The third-order valence-corrected chi connectivity index (χ3v) is 7.97. The summed E-state index contributed by atoms with van der Waals surface area (Å²) < 4.78 is 0. The van der Waals surface area contributed by atoms with Gasteiger partial charge >= 0.3 is 0 Å². The molecule has 28 heavy (non-hydrogen) atoms. The number of nitrogens with one attached hydrogen (secondary N) is 1. The largest absolute Gasteiger partial charge is 0.400 e. The Morgan fingerprint density at radius 1 is 1.11 bits per heavy atom. The molecule has 1 saturated carbocycles. The number of allylic oxidation sites excluding steroid dienone is 1. The van der Waals surface area contributed by atoms with Crippen LogP contribution >= 0.6 is 0 Å². The molecule has 1 aliphatic carbocycles. The second-order valence-electron chi connectivity index (χ2n) is 9.82. The van der Waals surface area contributed by atoms with Crippen LogP contribution in [0.4, 0.5) is 0 Å². The molecule has 0 aromatic rings. The number of hydrogen-bond donors (Lipinski definition) is 3. The number of unbranched alkanes of at least 4 members (excludes halogenated alkanes) is 5. The topological polar surface area (TPSA) is 58.3 Å². The van der Waals surface area contributed by atoms with Crippen molar-refractivity contribution in [2.75, 3.05) is 6.54 Å². The Kier molecular flexibility index (Phi) is 10.2. The van der Waals surface area contributed by atoms with Crippen LogP contribution in [0.15, 0.2) is 11.9 Å². The summed E-state index contributed by atoms with van der Waals surface area (Å²) in [7, 11) is 0. The molecule has 0 amide bonds. The van der Waals surface area contributed by atoms with Crippen LogP contribution in [0.25, 0.3) is 0 Å². The zero-order valence-corrected chi connectivity index (χ0v) is 19.0. The Balaban J connectivity index is 2.17. The fraction of sp³-hybridized carbons (Fsp3) is 0.920. The van der Waals surface area contributed by atoms with Crippen LogP contribution in [0.5, 0.6) is 0 Å². The van der Waals surface area contributed by atoms with Crippen molar-refractivity contribution in [3.63, 3.8) is 0 Å². The van der Waals surface area contributed by atoms with Gasteiger partial charge in [0.25, 0.3) is 0 Å². The highest BCUT2D eigenvalue weighted by Crippen LogP contribution is 2.50. The molecule has 0 radical (unpaired) electrons. The van der Waals surface area contributed by atoms with Gasteiger partial charge < -0.3 is 16.2 Å². The van der Waals surface area contributed by atoms with E-state index in [9.17, 15) is 5.11 Å². The highest BCUT2D eigenvalue weighted by molar-refractivity contribution is 5.16. The first-order valence-electron chi connectivity index (χ1n) is 12.4. The van der Waals surface area contributed by atoms with Crippen molar-refractivity contribution in [1.29, 1.82) is 0 Å². The Hall–Kier alpha value is -0.700. The van der Waals surface area contributed by atoms with E-state index in [1.54, 1.807) is 0 Å². The molecule has 5 unspecified atom stereocenters. The van der Waals surface area contributed by atoms with Gasteiger partial charge in [-0.2, -0.15) is 0 Å². The van der Waals surface area contributed by atoms with Gasteiger partial charge in [0.2, 0.25) is 0 Å². The van der Waals surface area contributed by atoms with E-state index in [1.165, 1.54) is 77.0 Å². The minimum atomic E-state index is -0.117. The smallest absolute Gasteiger partial charge is 0.0568 e. The van der Waals surface area contributed by atoms with Crippen LogP contribution in [0, 0.1) is 23.2 Å². The van der Waals surface area contributed by atoms with Gasteiger partial charge in [-0.1, -0.05) is 78.6 Å². The molecular formula is C25H48N2O. The Morgan fingerprint density at radius 2 is 1.86 bits per heavy atom. The molecule has 3 heteroatoms. The molecule has 1 aliphatic heterocycles. The molecule has 2 aliphatic rings. The lowest BCUT2D eigenvalue weighted by Crippen LogP contribution is -2.44. The van der Waals surface area contributed by atoms with E-state index in [4.69, 9.17) is 5.73 Å². The first-order valence-corrected chi connectivity index (χ1v) is 12.4. The van der Waals surface area contributed by atoms with Gasteiger partial charge in [0.15, 0.2) is 0 Å². The van der Waals surface area contributed by atoms with Crippen molar-refractivity contribution in [2.45, 2.75) is 117 Å². The quantitative estimate of drug-likeness (QED) is 0.392. The first kappa shape index (κ1) is 23.6. The molecule has 1 fully saturated rings. The summed E-state index contributed by atoms with van der Waals surface area (Å²) in [5, 5.41) is 14.1. The van der Waals surface area contributed by atoms with Crippen molar-refractivity contribution >= 4 is 0 Å². The molecule has 1 heterocycles. The van der Waals surface area contributed by atoms with Crippen molar-refractivity contribution in [3.05, 3.63) is 11.9 Å². The number of rotatable bonds is 10.